The second-order valence-corrected chi connectivity index (χ2v) is 3.35. The molecule has 0 aliphatic heterocycles. The van der Waals surface area contributed by atoms with Gasteiger partial charge in [0.25, 0.3) is 0 Å². The summed E-state index contributed by atoms with van der Waals surface area (Å²) in [5, 5.41) is 18.3. The molecule has 1 aromatic carbocycles. The van der Waals surface area contributed by atoms with Crippen molar-refractivity contribution >= 4 is 5.78 Å². The van der Waals surface area contributed by atoms with Crippen LogP contribution in [-0.4, -0.2) is 16.0 Å². The number of hydrogen-bond acceptors (Lipinski definition) is 3. The van der Waals surface area contributed by atoms with Gasteiger partial charge in [-0.3, -0.25) is 4.79 Å². The molecule has 0 aliphatic carbocycles. The average molecular weight is 234 g/mol. The molecule has 0 aromatic heterocycles. The number of hydrogen-bond donors (Lipinski definition) is 2. The standard InChI is InChI=1S/C10H9F3O3/c1-4-8(5(2)14)6(10(11,12)13)3-7(15)9(4)16/h3,15-16H,1-2H3. The maximum atomic E-state index is 12.6. The van der Waals surface area contributed by atoms with E-state index in [4.69, 9.17) is 5.11 Å². The third-order valence-electron chi connectivity index (χ3n) is 2.18. The van der Waals surface area contributed by atoms with Crippen molar-refractivity contribution in [2.75, 3.05) is 0 Å². The number of phenols is 2. The van der Waals surface area contributed by atoms with Gasteiger partial charge in [-0.05, 0) is 19.9 Å². The number of phenolic OH excluding ortho intramolecular Hbond substituents is 2. The Morgan fingerprint density at radius 1 is 1.31 bits per heavy atom. The molecule has 3 nitrogen and oxygen atoms in total. The van der Waals surface area contributed by atoms with E-state index in [1.54, 1.807) is 0 Å². The lowest BCUT2D eigenvalue weighted by Gasteiger charge is -2.15. The fraction of sp³-hybridized carbons (Fsp3) is 0.300. The topological polar surface area (TPSA) is 57.5 Å². The summed E-state index contributed by atoms with van der Waals surface area (Å²) >= 11 is 0. The molecule has 0 fully saturated rings. The van der Waals surface area contributed by atoms with Gasteiger partial charge in [0.05, 0.1) is 5.56 Å². The highest BCUT2D eigenvalue weighted by molar-refractivity contribution is 5.98. The minimum atomic E-state index is -4.75. The summed E-state index contributed by atoms with van der Waals surface area (Å²) in [6, 6.07) is 0.346. The summed E-state index contributed by atoms with van der Waals surface area (Å²) in [4.78, 5) is 11.1. The van der Waals surface area contributed by atoms with E-state index in [2.05, 4.69) is 0 Å². The summed E-state index contributed by atoms with van der Waals surface area (Å²) in [6.45, 7) is 2.11. The van der Waals surface area contributed by atoms with Crippen LogP contribution >= 0.6 is 0 Å². The Bertz CT molecular complexity index is 450. The van der Waals surface area contributed by atoms with E-state index in [1.165, 1.54) is 0 Å². The zero-order valence-electron chi connectivity index (χ0n) is 8.51. The molecule has 88 valence electrons. The van der Waals surface area contributed by atoms with Gasteiger partial charge in [-0.2, -0.15) is 13.2 Å². The van der Waals surface area contributed by atoms with Crippen molar-refractivity contribution in [3.8, 4) is 11.5 Å². The van der Waals surface area contributed by atoms with Crippen molar-refractivity contribution in [1.29, 1.82) is 0 Å². The van der Waals surface area contributed by atoms with Crippen LogP contribution in [0.3, 0.4) is 0 Å². The summed E-state index contributed by atoms with van der Waals surface area (Å²) in [7, 11) is 0. The molecule has 0 bridgehead atoms. The number of aromatic hydroxyl groups is 2. The Hall–Kier alpha value is -1.72. The molecule has 0 radical (unpaired) electrons. The van der Waals surface area contributed by atoms with E-state index in [9.17, 15) is 23.1 Å². The van der Waals surface area contributed by atoms with E-state index in [0.29, 0.717) is 6.07 Å². The maximum Gasteiger partial charge on any atom is 0.417 e. The van der Waals surface area contributed by atoms with E-state index < -0.39 is 34.6 Å². The van der Waals surface area contributed by atoms with Crippen molar-refractivity contribution in [3.05, 3.63) is 22.8 Å². The van der Waals surface area contributed by atoms with E-state index in [1.807, 2.05) is 0 Å². The summed E-state index contributed by atoms with van der Waals surface area (Å²) in [5.74, 6) is -2.42. The monoisotopic (exact) mass is 234 g/mol. The summed E-state index contributed by atoms with van der Waals surface area (Å²) in [6.07, 6.45) is -4.75. The number of rotatable bonds is 1. The zero-order valence-corrected chi connectivity index (χ0v) is 8.51. The lowest BCUT2D eigenvalue weighted by atomic mass is 9.97. The number of halogens is 3. The highest BCUT2D eigenvalue weighted by Crippen LogP contribution is 2.41. The van der Waals surface area contributed by atoms with E-state index >= 15 is 0 Å². The molecule has 0 atom stereocenters. The SMILES string of the molecule is CC(=O)c1c(C(F)(F)F)cc(O)c(O)c1C. The molecular formula is C10H9F3O3. The van der Waals surface area contributed by atoms with Gasteiger partial charge in [0, 0.05) is 11.1 Å². The average Bonchev–Trinajstić information content (AvgIpc) is 2.11. The van der Waals surface area contributed by atoms with E-state index in [0.717, 1.165) is 13.8 Å². The van der Waals surface area contributed by atoms with Gasteiger partial charge in [0.15, 0.2) is 17.3 Å². The molecule has 0 heterocycles. The molecule has 0 saturated carbocycles. The van der Waals surface area contributed by atoms with Crippen LogP contribution in [0.2, 0.25) is 0 Å². The number of ketones is 1. The van der Waals surface area contributed by atoms with Crippen molar-refractivity contribution in [1.82, 2.24) is 0 Å². The third-order valence-corrected chi connectivity index (χ3v) is 2.18. The van der Waals surface area contributed by atoms with Gasteiger partial charge in [0.1, 0.15) is 0 Å². The maximum absolute atomic E-state index is 12.6. The second kappa shape index (κ2) is 3.70. The van der Waals surface area contributed by atoms with Gasteiger partial charge >= 0.3 is 6.18 Å². The number of Topliss-reactive ketones (excluding diaryl/α,β-unsaturated/α-hetero) is 1. The Labute approximate surface area is 89.1 Å². The normalized spacial score (nSPS) is 11.6. The molecule has 1 aromatic rings. The van der Waals surface area contributed by atoms with Gasteiger partial charge < -0.3 is 10.2 Å². The van der Waals surface area contributed by atoms with Crippen LogP contribution in [0.5, 0.6) is 11.5 Å². The first-order valence-corrected chi connectivity index (χ1v) is 4.30. The van der Waals surface area contributed by atoms with Crippen LogP contribution in [0, 0.1) is 6.92 Å². The molecular weight excluding hydrogens is 225 g/mol. The number of carbonyl (C=O) groups is 1. The molecule has 6 heteroatoms. The summed E-state index contributed by atoms with van der Waals surface area (Å²) in [5.41, 5.74) is -2.14. The quantitative estimate of drug-likeness (QED) is 0.580. The van der Waals surface area contributed by atoms with Crippen molar-refractivity contribution in [2.45, 2.75) is 20.0 Å². The minimum Gasteiger partial charge on any atom is -0.504 e. The Morgan fingerprint density at radius 2 is 1.81 bits per heavy atom. The molecule has 0 unspecified atom stereocenters. The molecule has 0 spiro atoms. The van der Waals surface area contributed by atoms with Crippen molar-refractivity contribution in [2.24, 2.45) is 0 Å². The van der Waals surface area contributed by atoms with Crippen molar-refractivity contribution in [3.63, 3.8) is 0 Å². The second-order valence-electron chi connectivity index (χ2n) is 3.35. The van der Waals surface area contributed by atoms with Crippen molar-refractivity contribution < 1.29 is 28.2 Å². The van der Waals surface area contributed by atoms with Crippen LogP contribution in [0.15, 0.2) is 6.07 Å². The minimum absolute atomic E-state index is 0.278. The molecule has 1 rings (SSSR count). The van der Waals surface area contributed by atoms with Crippen LogP contribution in [0.4, 0.5) is 13.2 Å². The first kappa shape index (κ1) is 12.4. The van der Waals surface area contributed by atoms with Crippen LogP contribution in [0.1, 0.15) is 28.4 Å². The number of benzene rings is 1. The lowest BCUT2D eigenvalue weighted by molar-refractivity contribution is -0.138. The fourth-order valence-electron chi connectivity index (χ4n) is 1.47. The molecule has 2 N–H and O–H groups in total. The van der Waals surface area contributed by atoms with Gasteiger partial charge in [-0.1, -0.05) is 0 Å². The Morgan fingerprint density at radius 3 is 2.19 bits per heavy atom. The zero-order chi connectivity index (χ0) is 12.7. The van der Waals surface area contributed by atoms with Gasteiger partial charge in [-0.25, -0.2) is 0 Å². The fourth-order valence-corrected chi connectivity index (χ4v) is 1.47. The smallest absolute Gasteiger partial charge is 0.417 e. The lowest BCUT2D eigenvalue weighted by Crippen LogP contribution is -2.13. The van der Waals surface area contributed by atoms with Gasteiger partial charge in [0.2, 0.25) is 0 Å². The highest BCUT2D eigenvalue weighted by Gasteiger charge is 2.37. The van der Waals surface area contributed by atoms with Crippen LogP contribution in [0.25, 0.3) is 0 Å². The number of alkyl halides is 3. The predicted molar refractivity (Wildman–Crippen MR) is 49.5 cm³/mol. The Balaban J connectivity index is 3.67. The van der Waals surface area contributed by atoms with Gasteiger partial charge in [-0.15, -0.1) is 0 Å². The van der Waals surface area contributed by atoms with E-state index in [-0.39, 0.29) is 5.56 Å². The number of carbonyl (C=O) groups excluding carboxylic acids is 1. The molecule has 0 saturated heterocycles. The highest BCUT2D eigenvalue weighted by atomic mass is 19.4. The third kappa shape index (κ3) is 1.95. The first-order valence-electron chi connectivity index (χ1n) is 4.30. The Kier molecular flexibility index (Phi) is 2.85. The largest absolute Gasteiger partial charge is 0.504 e. The molecule has 0 amide bonds. The van der Waals surface area contributed by atoms with Crippen LogP contribution < -0.4 is 0 Å². The predicted octanol–water partition coefficient (Wildman–Crippen LogP) is 2.63. The summed E-state index contributed by atoms with van der Waals surface area (Å²) < 4.78 is 37.7. The first-order chi connectivity index (χ1) is 7.16. The van der Waals surface area contributed by atoms with Crippen LogP contribution in [-0.2, 0) is 6.18 Å². The molecule has 0 aliphatic rings. The molecule has 16 heavy (non-hydrogen) atoms.